The number of phenols is 1. The summed E-state index contributed by atoms with van der Waals surface area (Å²) < 4.78 is 0. The summed E-state index contributed by atoms with van der Waals surface area (Å²) in [4.78, 5) is 40.0. The summed E-state index contributed by atoms with van der Waals surface area (Å²) in [6.07, 6.45) is -1.59. The number of aromatic hydroxyl groups is 1. The number of Topliss-reactive ketones (excluding diaryl/α,β-unsaturated/α-hetero) is 2. The molecule has 0 bridgehead atoms. The van der Waals surface area contributed by atoms with Crippen molar-refractivity contribution in [3.63, 3.8) is 0 Å². The van der Waals surface area contributed by atoms with Crippen LogP contribution in [0.1, 0.15) is 24.0 Å². The first-order valence-electron chi connectivity index (χ1n) is 10.0. The number of hydrogen-bond acceptors (Lipinski definition) is 9. The van der Waals surface area contributed by atoms with Gasteiger partial charge in [0, 0.05) is 11.5 Å². The number of nitrogens with zero attached hydrogens (tertiary/aromatic N) is 1. The van der Waals surface area contributed by atoms with Gasteiger partial charge in [0.15, 0.2) is 11.4 Å². The third-order valence-electron chi connectivity index (χ3n) is 6.99. The predicted octanol–water partition coefficient (Wildman–Crippen LogP) is -0.504. The molecule has 0 radical (unpaired) electrons. The van der Waals surface area contributed by atoms with Gasteiger partial charge in [0.1, 0.15) is 22.8 Å². The maximum absolute atomic E-state index is 13.7. The van der Waals surface area contributed by atoms with E-state index in [1.807, 2.05) is 0 Å². The van der Waals surface area contributed by atoms with Crippen LogP contribution in [0, 0.1) is 11.8 Å². The van der Waals surface area contributed by atoms with Gasteiger partial charge in [-0.05, 0) is 31.6 Å². The van der Waals surface area contributed by atoms with Crippen molar-refractivity contribution < 1.29 is 39.9 Å². The van der Waals surface area contributed by atoms with Crippen molar-refractivity contribution in [3.8, 4) is 5.75 Å². The topological polar surface area (TPSA) is 182 Å². The first-order chi connectivity index (χ1) is 14.9. The highest BCUT2D eigenvalue weighted by Crippen LogP contribution is 2.55. The highest BCUT2D eigenvalue weighted by molar-refractivity contribution is 6.24. The zero-order valence-electron chi connectivity index (χ0n) is 17.6. The Morgan fingerprint density at radius 1 is 1.16 bits per heavy atom. The summed E-state index contributed by atoms with van der Waals surface area (Å²) in [6, 6.07) is 3.13. The molecule has 1 saturated carbocycles. The Morgan fingerprint density at radius 3 is 2.34 bits per heavy atom. The lowest BCUT2D eigenvalue weighted by Crippen LogP contribution is -2.70. The van der Waals surface area contributed by atoms with E-state index >= 15 is 0 Å². The van der Waals surface area contributed by atoms with Crippen LogP contribution in [0.15, 0.2) is 35.1 Å². The van der Waals surface area contributed by atoms with Crippen LogP contribution in [0.2, 0.25) is 0 Å². The standard InChI is InChI=1S/C22H24N2O8/c1-7-8-5-4-6-9(25)11(8)16(26)12-10(7)17(27)14-15(24(2)3)18(28)13(21(23)31)20(30)22(14,32)19(12)29/h4-7,10,14-15,17,25-27,30,32H,1-3H3,(H2,23,31)/t7-,10+,14-,15+,17-,22-/m0/s1. The molecule has 3 aliphatic rings. The van der Waals surface area contributed by atoms with E-state index < -0.39 is 75.6 Å². The molecule has 0 saturated heterocycles. The molecule has 6 atom stereocenters. The molecule has 1 aromatic rings. The van der Waals surface area contributed by atoms with Gasteiger partial charge in [-0.2, -0.15) is 0 Å². The molecule has 0 aromatic heterocycles. The first kappa shape index (κ1) is 22.0. The van der Waals surface area contributed by atoms with Crippen molar-refractivity contribution >= 4 is 23.2 Å². The number of amides is 1. The molecule has 3 aliphatic carbocycles. The molecular weight excluding hydrogens is 420 g/mol. The first-order valence-corrected chi connectivity index (χ1v) is 10.0. The smallest absolute Gasteiger partial charge is 0.255 e. The number of hydrogen-bond donors (Lipinski definition) is 6. The minimum Gasteiger partial charge on any atom is -0.508 e. The number of benzene rings is 1. The number of phenolic OH excluding ortho intramolecular Hbond substituents is 1. The Hall–Kier alpha value is -3.21. The largest absolute Gasteiger partial charge is 0.508 e. The quantitative estimate of drug-likeness (QED) is 0.327. The maximum Gasteiger partial charge on any atom is 0.255 e. The van der Waals surface area contributed by atoms with Gasteiger partial charge in [-0.3, -0.25) is 19.3 Å². The molecular formula is C22H24N2O8. The van der Waals surface area contributed by atoms with E-state index in [1.165, 1.54) is 25.1 Å². The second-order valence-corrected chi connectivity index (χ2v) is 8.79. The minimum absolute atomic E-state index is 0.0245. The number of ketones is 2. The van der Waals surface area contributed by atoms with Crippen LogP contribution in [-0.4, -0.2) is 79.7 Å². The molecule has 0 spiro atoms. The Balaban J connectivity index is 2.07. The van der Waals surface area contributed by atoms with Crippen molar-refractivity contribution in [2.24, 2.45) is 17.6 Å². The minimum atomic E-state index is -2.89. The lowest BCUT2D eigenvalue weighted by Gasteiger charge is -2.53. The predicted molar refractivity (Wildman–Crippen MR) is 110 cm³/mol. The average molecular weight is 444 g/mol. The fraction of sp³-hybridized carbons (Fsp3) is 0.409. The number of likely N-dealkylation sites (N-methyl/N-ethyl adjacent to an activating group) is 1. The van der Waals surface area contributed by atoms with Crippen molar-refractivity contribution in [1.29, 1.82) is 0 Å². The van der Waals surface area contributed by atoms with E-state index in [4.69, 9.17) is 5.73 Å². The SMILES string of the molecule is C[C@H]1c2cccc(O)c2C(O)=C2C(=O)[C@]3(O)C(O)=C(C(N)=O)C(=O)[C@H](N(C)C)[C@H]3[C@@H](O)[C@@H]21. The van der Waals surface area contributed by atoms with Crippen LogP contribution in [0.4, 0.5) is 0 Å². The maximum atomic E-state index is 13.7. The van der Waals surface area contributed by atoms with Crippen molar-refractivity contribution in [1.82, 2.24) is 4.90 Å². The normalized spacial score (nSPS) is 34.4. The van der Waals surface area contributed by atoms with Crippen LogP contribution in [0.3, 0.4) is 0 Å². The monoisotopic (exact) mass is 444 g/mol. The lowest BCUT2D eigenvalue weighted by molar-refractivity contribution is -0.169. The molecule has 170 valence electrons. The zero-order valence-corrected chi connectivity index (χ0v) is 17.6. The van der Waals surface area contributed by atoms with Gasteiger partial charge < -0.3 is 31.3 Å². The van der Waals surface area contributed by atoms with E-state index in [0.717, 1.165) is 0 Å². The molecule has 0 aliphatic heterocycles. The molecule has 10 nitrogen and oxygen atoms in total. The van der Waals surface area contributed by atoms with Crippen LogP contribution in [0.5, 0.6) is 5.75 Å². The van der Waals surface area contributed by atoms with Crippen LogP contribution in [0.25, 0.3) is 5.76 Å². The van der Waals surface area contributed by atoms with Gasteiger partial charge in [-0.1, -0.05) is 19.1 Å². The van der Waals surface area contributed by atoms with Crippen LogP contribution >= 0.6 is 0 Å². The van der Waals surface area contributed by atoms with E-state index in [2.05, 4.69) is 0 Å². The highest BCUT2D eigenvalue weighted by atomic mass is 16.4. The second kappa shape index (κ2) is 6.89. The van der Waals surface area contributed by atoms with Crippen LogP contribution < -0.4 is 5.73 Å². The lowest BCUT2D eigenvalue weighted by atomic mass is 9.54. The summed E-state index contributed by atoms with van der Waals surface area (Å²) >= 11 is 0. The number of rotatable bonds is 2. The van der Waals surface area contributed by atoms with Gasteiger partial charge in [0.2, 0.25) is 5.78 Å². The number of nitrogens with two attached hydrogens (primary N) is 1. The van der Waals surface area contributed by atoms with Gasteiger partial charge in [0.25, 0.3) is 5.91 Å². The molecule has 0 heterocycles. The number of primary amides is 1. The molecule has 7 N–H and O–H groups in total. The summed E-state index contributed by atoms with van der Waals surface area (Å²) in [6.45, 7) is 1.68. The summed E-state index contributed by atoms with van der Waals surface area (Å²) in [5, 5.41) is 54.9. The number of aliphatic hydroxyl groups is 4. The average Bonchev–Trinajstić information content (AvgIpc) is 2.70. The zero-order chi connectivity index (χ0) is 23.9. The molecule has 10 heteroatoms. The Kier molecular flexibility index (Phi) is 4.74. The molecule has 32 heavy (non-hydrogen) atoms. The number of aliphatic hydroxyl groups excluding tert-OH is 3. The Bertz CT molecular complexity index is 1140. The van der Waals surface area contributed by atoms with Gasteiger partial charge >= 0.3 is 0 Å². The molecule has 4 rings (SSSR count). The Morgan fingerprint density at radius 2 is 1.78 bits per heavy atom. The van der Waals surface area contributed by atoms with E-state index in [9.17, 15) is 39.9 Å². The van der Waals surface area contributed by atoms with Gasteiger partial charge in [-0.15, -0.1) is 0 Å². The third-order valence-corrected chi connectivity index (χ3v) is 6.99. The molecule has 1 amide bonds. The summed E-state index contributed by atoms with van der Waals surface area (Å²) in [5.41, 5.74) is 1.47. The fourth-order valence-corrected chi connectivity index (χ4v) is 5.58. The second-order valence-electron chi connectivity index (χ2n) is 8.79. The summed E-state index contributed by atoms with van der Waals surface area (Å²) in [7, 11) is 2.92. The molecule has 1 fully saturated rings. The van der Waals surface area contributed by atoms with Crippen molar-refractivity contribution in [2.75, 3.05) is 14.1 Å². The Labute approximate surface area is 182 Å². The number of carbonyl (C=O) groups excluding carboxylic acids is 3. The van der Waals surface area contributed by atoms with Crippen molar-refractivity contribution in [3.05, 3.63) is 46.2 Å². The summed E-state index contributed by atoms with van der Waals surface area (Å²) in [5.74, 6) is -8.87. The van der Waals surface area contributed by atoms with E-state index in [0.29, 0.717) is 5.56 Å². The highest BCUT2D eigenvalue weighted by Gasteiger charge is 2.68. The van der Waals surface area contributed by atoms with E-state index in [-0.39, 0.29) is 11.3 Å². The fourth-order valence-electron chi connectivity index (χ4n) is 5.58. The molecule has 1 aromatic carbocycles. The number of carbonyl (C=O) groups is 3. The van der Waals surface area contributed by atoms with Crippen LogP contribution in [-0.2, 0) is 14.4 Å². The molecule has 0 unspecified atom stereocenters. The number of fused-ring (bicyclic) bond motifs is 3. The van der Waals surface area contributed by atoms with Gasteiger partial charge in [-0.25, -0.2) is 0 Å². The van der Waals surface area contributed by atoms with E-state index in [1.54, 1.807) is 19.1 Å². The van der Waals surface area contributed by atoms with Crippen molar-refractivity contribution in [2.45, 2.75) is 30.6 Å². The third kappa shape index (κ3) is 2.48. The van der Waals surface area contributed by atoms with Gasteiger partial charge in [0.05, 0.1) is 23.6 Å².